The molecule has 1 heterocycles. The summed E-state index contributed by atoms with van der Waals surface area (Å²) in [6.45, 7) is 0.833. The maximum atomic E-state index is 5.86. The van der Waals surface area contributed by atoms with Crippen LogP contribution in [0, 0.1) is 0 Å². The van der Waals surface area contributed by atoms with Crippen molar-refractivity contribution >= 4 is 17.4 Å². The van der Waals surface area contributed by atoms with Gasteiger partial charge in [0.25, 0.3) is 0 Å². The lowest BCUT2D eigenvalue weighted by Crippen LogP contribution is -2.42. The van der Waals surface area contributed by atoms with Crippen molar-refractivity contribution in [3.8, 4) is 5.75 Å². The first-order valence-corrected chi connectivity index (χ1v) is 6.22. The zero-order chi connectivity index (χ0) is 11.4. The Bertz CT molecular complexity index is 342. The van der Waals surface area contributed by atoms with E-state index in [9.17, 15) is 0 Å². The second-order valence-corrected chi connectivity index (χ2v) is 4.37. The average molecular weight is 241 g/mol. The molecule has 0 spiro atoms. The molecule has 0 bridgehead atoms. The quantitative estimate of drug-likeness (QED) is 0.740. The van der Waals surface area contributed by atoms with E-state index in [4.69, 9.17) is 16.3 Å². The van der Waals surface area contributed by atoms with Crippen LogP contribution in [0.4, 0.5) is 5.82 Å². The number of hydrogen-bond acceptors (Lipinski definition) is 3. The summed E-state index contributed by atoms with van der Waals surface area (Å²) in [4.78, 5) is 6.69. The Morgan fingerprint density at radius 1 is 1.56 bits per heavy atom. The number of alkyl halides is 1. The molecular weight excluding hydrogens is 224 g/mol. The molecule has 3 nitrogen and oxygen atoms in total. The molecule has 0 atom stereocenters. The maximum Gasteiger partial charge on any atom is 0.171 e. The van der Waals surface area contributed by atoms with Crippen LogP contribution in [0.3, 0.4) is 0 Å². The maximum absolute atomic E-state index is 5.86. The third kappa shape index (κ3) is 2.24. The van der Waals surface area contributed by atoms with E-state index in [1.165, 1.54) is 19.3 Å². The number of rotatable bonds is 5. The molecule has 0 aliphatic heterocycles. The topological polar surface area (TPSA) is 25.4 Å². The Hall–Kier alpha value is -0.960. The van der Waals surface area contributed by atoms with Crippen LogP contribution in [-0.4, -0.2) is 30.6 Å². The van der Waals surface area contributed by atoms with Gasteiger partial charge in [-0.1, -0.05) is 0 Å². The Morgan fingerprint density at radius 2 is 2.38 bits per heavy atom. The van der Waals surface area contributed by atoms with Gasteiger partial charge in [-0.3, -0.25) is 0 Å². The minimum Gasteiger partial charge on any atom is -0.493 e. The van der Waals surface area contributed by atoms with E-state index in [1.807, 2.05) is 12.1 Å². The average Bonchev–Trinajstić information content (AvgIpc) is 2.26. The SMILES string of the molecule is COc1cccnc1N(CCCl)C1CCC1. The normalized spacial score (nSPS) is 15.6. The molecule has 1 aliphatic carbocycles. The summed E-state index contributed by atoms with van der Waals surface area (Å²) in [7, 11) is 1.68. The van der Waals surface area contributed by atoms with Gasteiger partial charge in [0.15, 0.2) is 11.6 Å². The van der Waals surface area contributed by atoms with Crippen LogP contribution < -0.4 is 9.64 Å². The van der Waals surface area contributed by atoms with Crippen LogP contribution in [0.2, 0.25) is 0 Å². The van der Waals surface area contributed by atoms with Gasteiger partial charge in [0.1, 0.15) is 0 Å². The molecule has 1 aliphatic rings. The van der Waals surface area contributed by atoms with Crippen molar-refractivity contribution in [1.29, 1.82) is 0 Å². The molecular formula is C12H17ClN2O. The van der Waals surface area contributed by atoms with Gasteiger partial charge in [-0.05, 0) is 31.4 Å². The third-order valence-electron chi connectivity index (χ3n) is 3.08. The van der Waals surface area contributed by atoms with E-state index >= 15 is 0 Å². The standard InChI is InChI=1S/C12H17ClN2O/c1-16-11-6-3-8-14-12(11)15(9-7-13)10-4-2-5-10/h3,6,8,10H,2,4-5,7,9H2,1H3. The Kier molecular flexibility index (Phi) is 3.88. The van der Waals surface area contributed by atoms with E-state index in [0.29, 0.717) is 11.9 Å². The number of anilines is 1. The molecule has 1 aromatic heterocycles. The molecule has 4 heteroatoms. The summed E-state index contributed by atoms with van der Waals surface area (Å²) in [5, 5.41) is 0. The minimum atomic E-state index is 0.586. The lowest BCUT2D eigenvalue weighted by atomic mass is 9.91. The lowest BCUT2D eigenvalue weighted by Gasteiger charge is -2.38. The van der Waals surface area contributed by atoms with Crippen LogP contribution in [0.1, 0.15) is 19.3 Å². The van der Waals surface area contributed by atoms with E-state index in [-0.39, 0.29) is 0 Å². The largest absolute Gasteiger partial charge is 0.493 e. The highest BCUT2D eigenvalue weighted by Gasteiger charge is 2.27. The molecule has 2 rings (SSSR count). The summed E-state index contributed by atoms with van der Waals surface area (Å²) < 4.78 is 5.34. The van der Waals surface area contributed by atoms with Crippen molar-refractivity contribution in [2.24, 2.45) is 0 Å². The number of hydrogen-bond donors (Lipinski definition) is 0. The highest BCUT2D eigenvalue weighted by molar-refractivity contribution is 6.18. The highest BCUT2D eigenvalue weighted by atomic mass is 35.5. The number of methoxy groups -OCH3 is 1. The smallest absolute Gasteiger partial charge is 0.171 e. The number of ether oxygens (including phenoxy) is 1. The van der Waals surface area contributed by atoms with Gasteiger partial charge in [0.2, 0.25) is 0 Å². The first-order valence-electron chi connectivity index (χ1n) is 5.68. The summed E-state index contributed by atoms with van der Waals surface area (Å²) in [6, 6.07) is 4.42. The van der Waals surface area contributed by atoms with E-state index in [2.05, 4.69) is 9.88 Å². The minimum absolute atomic E-state index is 0.586. The van der Waals surface area contributed by atoms with Gasteiger partial charge in [0, 0.05) is 24.7 Å². The summed E-state index contributed by atoms with van der Waals surface area (Å²) >= 11 is 5.86. The van der Waals surface area contributed by atoms with Gasteiger partial charge in [0.05, 0.1) is 7.11 Å². The molecule has 0 amide bonds. The first-order chi connectivity index (χ1) is 7.86. The van der Waals surface area contributed by atoms with Crippen LogP contribution in [0.25, 0.3) is 0 Å². The lowest BCUT2D eigenvalue weighted by molar-refractivity contribution is 0.375. The fraction of sp³-hybridized carbons (Fsp3) is 0.583. The molecule has 1 saturated carbocycles. The molecule has 1 aromatic rings. The van der Waals surface area contributed by atoms with Crippen molar-refractivity contribution in [3.05, 3.63) is 18.3 Å². The van der Waals surface area contributed by atoms with Crippen LogP contribution in [0.15, 0.2) is 18.3 Å². The van der Waals surface area contributed by atoms with Crippen molar-refractivity contribution in [3.63, 3.8) is 0 Å². The summed E-state index contributed by atoms with van der Waals surface area (Å²) in [5.74, 6) is 2.38. The predicted molar refractivity (Wildman–Crippen MR) is 66.5 cm³/mol. The fourth-order valence-electron chi connectivity index (χ4n) is 2.01. The Morgan fingerprint density at radius 3 is 2.94 bits per heavy atom. The molecule has 0 radical (unpaired) electrons. The molecule has 88 valence electrons. The Balaban J connectivity index is 2.22. The van der Waals surface area contributed by atoms with E-state index in [0.717, 1.165) is 18.1 Å². The van der Waals surface area contributed by atoms with E-state index < -0.39 is 0 Å². The number of aromatic nitrogens is 1. The molecule has 16 heavy (non-hydrogen) atoms. The number of pyridine rings is 1. The molecule has 0 unspecified atom stereocenters. The van der Waals surface area contributed by atoms with Gasteiger partial charge in [-0.25, -0.2) is 4.98 Å². The third-order valence-corrected chi connectivity index (χ3v) is 3.25. The monoisotopic (exact) mass is 240 g/mol. The molecule has 0 N–H and O–H groups in total. The number of nitrogens with zero attached hydrogens (tertiary/aromatic N) is 2. The molecule has 0 aromatic carbocycles. The van der Waals surface area contributed by atoms with Gasteiger partial charge < -0.3 is 9.64 Å². The zero-order valence-corrected chi connectivity index (χ0v) is 10.3. The predicted octanol–water partition coefficient (Wildman–Crippen LogP) is 2.69. The molecule has 1 fully saturated rings. The van der Waals surface area contributed by atoms with Crippen molar-refractivity contribution in [2.75, 3.05) is 24.4 Å². The van der Waals surface area contributed by atoms with Crippen molar-refractivity contribution in [2.45, 2.75) is 25.3 Å². The van der Waals surface area contributed by atoms with Crippen molar-refractivity contribution in [1.82, 2.24) is 4.98 Å². The second-order valence-electron chi connectivity index (χ2n) is 4.00. The van der Waals surface area contributed by atoms with Crippen molar-refractivity contribution < 1.29 is 4.74 Å². The van der Waals surface area contributed by atoms with Gasteiger partial charge in [-0.15, -0.1) is 11.6 Å². The van der Waals surface area contributed by atoms with Crippen LogP contribution >= 0.6 is 11.6 Å². The molecule has 0 saturated heterocycles. The number of halogens is 1. The first kappa shape index (κ1) is 11.5. The van der Waals surface area contributed by atoms with Gasteiger partial charge in [-0.2, -0.15) is 0 Å². The second kappa shape index (κ2) is 5.39. The van der Waals surface area contributed by atoms with Crippen LogP contribution in [0.5, 0.6) is 5.75 Å². The van der Waals surface area contributed by atoms with Crippen LogP contribution in [-0.2, 0) is 0 Å². The highest BCUT2D eigenvalue weighted by Crippen LogP contribution is 2.33. The zero-order valence-electron chi connectivity index (χ0n) is 9.53. The fourth-order valence-corrected chi connectivity index (χ4v) is 2.19. The van der Waals surface area contributed by atoms with Gasteiger partial charge >= 0.3 is 0 Å². The summed E-state index contributed by atoms with van der Waals surface area (Å²) in [5.41, 5.74) is 0. The van der Waals surface area contributed by atoms with E-state index in [1.54, 1.807) is 13.3 Å². The summed E-state index contributed by atoms with van der Waals surface area (Å²) in [6.07, 6.45) is 5.57. The Labute approximate surface area is 101 Å².